The number of carbonyl (C=O) groups is 5. The summed E-state index contributed by atoms with van der Waals surface area (Å²) < 4.78 is 0. The van der Waals surface area contributed by atoms with Crippen LogP contribution in [0.15, 0.2) is 0 Å². The molecule has 142 valence electrons. The van der Waals surface area contributed by atoms with E-state index < -0.39 is 60.8 Å². The van der Waals surface area contributed by atoms with Crippen LogP contribution < -0.4 is 21.7 Å². The number of hydrogen-bond acceptors (Lipinski definition) is 8. The first-order chi connectivity index (χ1) is 11.6. The molecule has 3 amide bonds. The smallest absolute Gasteiger partial charge is 0.322 e. The van der Waals surface area contributed by atoms with Crippen molar-refractivity contribution < 1.29 is 34.2 Å². The Bertz CT molecular complexity index is 532. The second kappa shape index (κ2) is 11.5. The molecule has 0 radical (unpaired) electrons. The Hall–Kier alpha value is -1.99. The molecule has 0 rings (SSSR count). The predicted octanol–water partition coefficient (Wildman–Crippen LogP) is -3.18. The number of thiol groups is 2. The van der Waals surface area contributed by atoms with Gasteiger partial charge in [0.25, 0.3) is 0 Å². The zero-order chi connectivity index (χ0) is 19.6. The van der Waals surface area contributed by atoms with E-state index in [1.807, 2.05) is 0 Å². The molecule has 3 unspecified atom stereocenters. The van der Waals surface area contributed by atoms with E-state index in [2.05, 4.69) is 41.2 Å². The lowest BCUT2D eigenvalue weighted by molar-refractivity contribution is -0.139. The highest BCUT2D eigenvalue weighted by molar-refractivity contribution is 7.80. The van der Waals surface area contributed by atoms with E-state index >= 15 is 0 Å². The van der Waals surface area contributed by atoms with Crippen molar-refractivity contribution in [1.82, 2.24) is 16.0 Å². The first kappa shape index (κ1) is 23.0. The summed E-state index contributed by atoms with van der Waals surface area (Å²) in [5.74, 6) is -5.22. The molecule has 3 atom stereocenters. The molecule has 0 aromatic rings. The van der Waals surface area contributed by atoms with Gasteiger partial charge in [0.1, 0.15) is 18.6 Å². The molecule has 11 nitrogen and oxygen atoms in total. The van der Waals surface area contributed by atoms with Gasteiger partial charge in [-0.2, -0.15) is 25.3 Å². The molecule has 0 bridgehead atoms. The fourth-order valence-corrected chi connectivity index (χ4v) is 2.02. The number of carboxylic acid groups (broad SMARTS) is 2. The van der Waals surface area contributed by atoms with Gasteiger partial charge in [0, 0.05) is 11.5 Å². The van der Waals surface area contributed by atoms with Gasteiger partial charge in [-0.3, -0.25) is 24.0 Å². The summed E-state index contributed by atoms with van der Waals surface area (Å²) in [5, 5.41) is 23.7. The molecule has 0 spiro atoms. The minimum atomic E-state index is -1.35. The van der Waals surface area contributed by atoms with Gasteiger partial charge in [0.15, 0.2) is 0 Å². The second-order valence-electron chi connectivity index (χ2n) is 4.80. The summed E-state index contributed by atoms with van der Waals surface area (Å²) in [6.45, 7) is -0.629. The van der Waals surface area contributed by atoms with Gasteiger partial charge in [-0.1, -0.05) is 0 Å². The van der Waals surface area contributed by atoms with Gasteiger partial charge < -0.3 is 31.9 Å². The molecule has 0 saturated carbocycles. The molecule has 0 aliphatic carbocycles. The van der Waals surface area contributed by atoms with Gasteiger partial charge in [-0.05, 0) is 0 Å². The number of carbonyl (C=O) groups excluding carboxylic acids is 3. The SMILES string of the molecule is NC(CC(=O)O)C(=O)NC(CS)C(=O)NC(CS)C(=O)NCC(=O)O. The van der Waals surface area contributed by atoms with Crippen molar-refractivity contribution in [3.63, 3.8) is 0 Å². The van der Waals surface area contributed by atoms with E-state index in [4.69, 9.17) is 15.9 Å². The number of hydrogen-bond donors (Lipinski definition) is 8. The minimum Gasteiger partial charge on any atom is -0.481 e. The number of carboxylic acids is 2. The number of rotatable bonds is 11. The summed E-state index contributed by atoms with van der Waals surface area (Å²) in [7, 11) is 0. The van der Waals surface area contributed by atoms with Gasteiger partial charge in [-0.15, -0.1) is 0 Å². The van der Waals surface area contributed by atoms with E-state index in [1.165, 1.54) is 0 Å². The van der Waals surface area contributed by atoms with Crippen LogP contribution in [0.2, 0.25) is 0 Å². The molecule has 0 saturated heterocycles. The third-order valence-corrected chi connectivity index (χ3v) is 3.51. The summed E-state index contributed by atoms with van der Waals surface area (Å²) >= 11 is 7.81. The van der Waals surface area contributed by atoms with Crippen molar-refractivity contribution in [2.24, 2.45) is 5.73 Å². The zero-order valence-electron chi connectivity index (χ0n) is 13.0. The third kappa shape index (κ3) is 9.16. The van der Waals surface area contributed by atoms with Crippen molar-refractivity contribution >= 4 is 54.9 Å². The zero-order valence-corrected chi connectivity index (χ0v) is 14.8. The highest BCUT2D eigenvalue weighted by atomic mass is 32.1. The van der Waals surface area contributed by atoms with Crippen LogP contribution >= 0.6 is 25.3 Å². The van der Waals surface area contributed by atoms with Gasteiger partial charge in [0.05, 0.1) is 12.5 Å². The molecular weight excluding hydrogens is 376 g/mol. The van der Waals surface area contributed by atoms with Crippen molar-refractivity contribution in [2.45, 2.75) is 24.5 Å². The summed E-state index contributed by atoms with van der Waals surface area (Å²) in [5.41, 5.74) is 5.38. The highest BCUT2D eigenvalue weighted by Crippen LogP contribution is 1.96. The first-order valence-corrected chi connectivity index (χ1v) is 8.18. The molecule has 0 aliphatic heterocycles. The molecule has 0 heterocycles. The van der Waals surface area contributed by atoms with E-state index in [9.17, 15) is 24.0 Å². The Labute approximate surface area is 153 Å². The standard InChI is InChI=1S/C12H20N4O7S2/c13-5(1-8(17)18)10(21)15-7(4-25)12(23)16-6(3-24)11(22)14-2-9(19)20/h5-7,24-25H,1-4,13H2,(H,14,22)(H,15,21)(H,16,23)(H,17,18)(H,19,20). The lowest BCUT2D eigenvalue weighted by atomic mass is 10.2. The maximum absolute atomic E-state index is 12.1. The lowest BCUT2D eigenvalue weighted by Gasteiger charge is -2.22. The fourth-order valence-electron chi connectivity index (χ4n) is 1.51. The Morgan fingerprint density at radius 1 is 0.840 bits per heavy atom. The lowest BCUT2D eigenvalue weighted by Crippen LogP contribution is -2.57. The highest BCUT2D eigenvalue weighted by Gasteiger charge is 2.27. The average Bonchev–Trinajstić information content (AvgIpc) is 2.53. The Morgan fingerprint density at radius 2 is 1.32 bits per heavy atom. The van der Waals surface area contributed by atoms with Crippen LogP contribution in [-0.4, -0.2) is 76.0 Å². The van der Waals surface area contributed by atoms with Crippen LogP contribution in [0.1, 0.15) is 6.42 Å². The second-order valence-corrected chi connectivity index (χ2v) is 5.53. The maximum atomic E-state index is 12.1. The van der Waals surface area contributed by atoms with Gasteiger partial charge >= 0.3 is 11.9 Å². The fraction of sp³-hybridized carbons (Fsp3) is 0.583. The molecule has 0 aliphatic rings. The molecule has 7 N–H and O–H groups in total. The summed E-state index contributed by atoms with van der Waals surface area (Å²) in [6.07, 6.45) is -0.621. The average molecular weight is 396 g/mol. The molecule has 25 heavy (non-hydrogen) atoms. The maximum Gasteiger partial charge on any atom is 0.322 e. The van der Waals surface area contributed by atoms with Crippen LogP contribution in [0.5, 0.6) is 0 Å². The number of amides is 3. The number of nitrogens with two attached hydrogens (primary N) is 1. The van der Waals surface area contributed by atoms with Crippen molar-refractivity contribution in [3.8, 4) is 0 Å². The number of nitrogens with one attached hydrogen (secondary N) is 3. The van der Waals surface area contributed by atoms with E-state index in [1.54, 1.807) is 0 Å². The topological polar surface area (TPSA) is 188 Å². The quantitative estimate of drug-likeness (QED) is 0.168. The van der Waals surface area contributed by atoms with Crippen LogP contribution in [-0.2, 0) is 24.0 Å². The summed E-state index contributed by atoms with van der Waals surface area (Å²) in [6, 6.07) is -3.67. The number of aliphatic carboxylic acids is 2. The molecule has 0 aromatic heterocycles. The monoisotopic (exact) mass is 396 g/mol. The normalized spacial score (nSPS) is 13.9. The van der Waals surface area contributed by atoms with Crippen LogP contribution in [0, 0.1) is 0 Å². The Kier molecular flexibility index (Phi) is 10.6. The predicted molar refractivity (Wildman–Crippen MR) is 92.4 cm³/mol. The van der Waals surface area contributed by atoms with Gasteiger partial charge in [0.2, 0.25) is 17.7 Å². The largest absolute Gasteiger partial charge is 0.481 e. The van der Waals surface area contributed by atoms with E-state index in [0.29, 0.717) is 0 Å². The van der Waals surface area contributed by atoms with Gasteiger partial charge in [-0.25, -0.2) is 0 Å². The summed E-state index contributed by atoms with van der Waals surface area (Å²) in [4.78, 5) is 56.5. The van der Waals surface area contributed by atoms with Crippen molar-refractivity contribution in [2.75, 3.05) is 18.1 Å². The van der Waals surface area contributed by atoms with Crippen molar-refractivity contribution in [1.29, 1.82) is 0 Å². The van der Waals surface area contributed by atoms with E-state index in [0.717, 1.165) is 0 Å². The third-order valence-electron chi connectivity index (χ3n) is 2.78. The molecule has 13 heteroatoms. The Balaban J connectivity index is 4.74. The first-order valence-electron chi connectivity index (χ1n) is 6.91. The van der Waals surface area contributed by atoms with Crippen LogP contribution in [0.3, 0.4) is 0 Å². The van der Waals surface area contributed by atoms with E-state index in [-0.39, 0.29) is 11.5 Å². The molecule has 0 aromatic carbocycles. The van der Waals surface area contributed by atoms with Crippen molar-refractivity contribution in [3.05, 3.63) is 0 Å². The molecular formula is C12H20N4O7S2. The Morgan fingerprint density at radius 3 is 1.76 bits per heavy atom. The van der Waals surface area contributed by atoms with Crippen LogP contribution in [0.25, 0.3) is 0 Å². The van der Waals surface area contributed by atoms with Crippen LogP contribution in [0.4, 0.5) is 0 Å². The molecule has 0 fully saturated rings. The minimum absolute atomic E-state index is 0.122.